The molecule has 0 saturated carbocycles. The molecular weight excluding hydrogens is 575 g/mol. The monoisotopic (exact) mass is 590 g/mol. The van der Waals surface area contributed by atoms with Crippen LogP contribution in [0.15, 0.2) is 69.8 Å². The SMILES string of the molecule is CCOc1cc(/C=C2\N=C(c3ccc(Cl)cc3Cl)OC2=O)cc(Br)c1OCc1cccc([N+](=O)[O-])c1. The molecule has 1 aliphatic heterocycles. The highest BCUT2D eigenvalue weighted by molar-refractivity contribution is 9.10. The first-order chi connectivity index (χ1) is 17.2. The normalized spacial score (nSPS) is 13.9. The number of rotatable bonds is 8. The number of aliphatic imine (C=N–C) groups is 1. The molecule has 0 amide bonds. The minimum atomic E-state index is -0.629. The summed E-state index contributed by atoms with van der Waals surface area (Å²) in [6.07, 6.45) is 1.55. The number of nitro groups is 1. The molecule has 3 aromatic carbocycles. The molecule has 4 rings (SSSR count). The summed E-state index contributed by atoms with van der Waals surface area (Å²) < 4.78 is 17.5. The van der Waals surface area contributed by atoms with E-state index in [1.807, 2.05) is 6.92 Å². The Kier molecular flexibility index (Phi) is 7.93. The average Bonchev–Trinajstić information content (AvgIpc) is 3.18. The van der Waals surface area contributed by atoms with Gasteiger partial charge < -0.3 is 14.2 Å². The molecule has 0 bridgehead atoms. The Balaban J connectivity index is 1.61. The van der Waals surface area contributed by atoms with Crippen LogP contribution in [0.2, 0.25) is 10.0 Å². The lowest BCUT2D eigenvalue weighted by molar-refractivity contribution is -0.384. The summed E-state index contributed by atoms with van der Waals surface area (Å²) in [6, 6.07) is 14.4. The number of non-ortho nitro benzene ring substituents is 1. The molecule has 1 aliphatic rings. The fraction of sp³-hybridized carbons (Fsp3) is 0.120. The Hall–Kier alpha value is -3.40. The standard InChI is InChI=1S/C25H17BrCl2N2O6/c1-2-34-22-11-15(9-19(26)23(22)35-13-14-4-3-5-17(8-14)30(32)33)10-21-25(31)36-24(29-21)18-7-6-16(27)12-20(18)28/h3-12H,2,13H2,1H3/b21-10-. The Morgan fingerprint density at radius 2 is 1.94 bits per heavy atom. The molecular formula is C25H17BrCl2N2O6. The van der Waals surface area contributed by atoms with Gasteiger partial charge in [0.2, 0.25) is 5.90 Å². The fourth-order valence-electron chi connectivity index (χ4n) is 3.33. The van der Waals surface area contributed by atoms with Crippen molar-refractivity contribution in [2.24, 2.45) is 4.99 Å². The van der Waals surface area contributed by atoms with Crippen molar-refractivity contribution in [1.29, 1.82) is 0 Å². The van der Waals surface area contributed by atoms with Crippen molar-refractivity contribution < 1.29 is 23.9 Å². The number of nitro benzene ring substituents is 1. The topological polar surface area (TPSA) is 100 Å². The van der Waals surface area contributed by atoms with Crippen molar-refractivity contribution >= 4 is 62.8 Å². The highest BCUT2D eigenvalue weighted by Crippen LogP contribution is 2.38. The zero-order valence-corrected chi connectivity index (χ0v) is 21.8. The Labute approximate surface area is 224 Å². The number of nitrogens with zero attached hydrogens (tertiary/aromatic N) is 2. The molecule has 0 saturated heterocycles. The summed E-state index contributed by atoms with van der Waals surface area (Å²) in [6.45, 7) is 2.27. The molecule has 0 radical (unpaired) electrons. The smallest absolute Gasteiger partial charge is 0.363 e. The highest BCUT2D eigenvalue weighted by Gasteiger charge is 2.26. The van der Waals surface area contributed by atoms with E-state index >= 15 is 0 Å². The van der Waals surface area contributed by atoms with Crippen molar-refractivity contribution in [3.05, 3.63) is 102 Å². The highest BCUT2D eigenvalue weighted by atomic mass is 79.9. The van der Waals surface area contributed by atoms with Crippen molar-refractivity contribution in [1.82, 2.24) is 0 Å². The predicted molar refractivity (Wildman–Crippen MR) is 140 cm³/mol. The van der Waals surface area contributed by atoms with E-state index in [1.165, 1.54) is 18.2 Å². The maximum absolute atomic E-state index is 12.4. The summed E-state index contributed by atoms with van der Waals surface area (Å²) in [5.74, 6) is 0.280. The van der Waals surface area contributed by atoms with Crippen LogP contribution in [0.3, 0.4) is 0 Å². The summed E-state index contributed by atoms with van der Waals surface area (Å²) in [7, 11) is 0. The number of ether oxygens (including phenoxy) is 3. The molecule has 184 valence electrons. The summed E-state index contributed by atoms with van der Waals surface area (Å²) in [5.41, 5.74) is 1.73. The molecule has 0 atom stereocenters. The van der Waals surface area contributed by atoms with Crippen LogP contribution in [0.5, 0.6) is 11.5 Å². The van der Waals surface area contributed by atoms with Crippen molar-refractivity contribution in [3.63, 3.8) is 0 Å². The van der Waals surface area contributed by atoms with Crippen LogP contribution in [0.25, 0.3) is 6.08 Å². The van der Waals surface area contributed by atoms with Crippen molar-refractivity contribution in [2.75, 3.05) is 6.61 Å². The van der Waals surface area contributed by atoms with E-state index in [-0.39, 0.29) is 23.9 Å². The van der Waals surface area contributed by atoms with Gasteiger partial charge in [0.1, 0.15) is 6.61 Å². The van der Waals surface area contributed by atoms with Gasteiger partial charge in [-0.1, -0.05) is 35.3 Å². The Bertz CT molecular complexity index is 1420. The number of carbonyl (C=O) groups is 1. The van der Waals surface area contributed by atoms with Crippen molar-refractivity contribution in [2.45, 2.75) is 13.5 Å². The number of carbonyl (C=O) groups excluding carboxylic acids is 1. The maximum atomic E-state index is 12.4. The third-order valence-electron chi connectivity index (χ3n) is 4.92. The van der Waals surface area contributed by atoms with E-state index in [0.717, 1.165) is 0 Å². The third kappa shape index (κ3) is 5.87. The van der Waals surface area contributed by atoms with Crippen LogP contribution in [0.1, 0.15) is 23.6 Å². The maximum Gasteiger partial charge on any atom is 0.363 e. The van der Waals surface area contributed by atoms with Gasteiger partial charge in [0.25, 0.3) is 5.69 Å². The summed E-state index contributed by atoms with van der Waals surface area (Å²) >= 11 is 15.6. The Morgan fingerprint density at radius 3 is 2.67 bits per heavy atom. The third-order valence-corrected chi connectivity index (χ3v) is 6.06. The number of hydrogen-bond donors (Lipinski definition) is 0. The lowest BCUT2D eigenvalue weighted by Gasteiger charge is -2.15. The first-order valence-electron chi connectivity index (χ1n) is 10.6. The zero-order valence-electron chi connectivity index (χ0n) is 18.7. The molecule has 0 aliphatic carbocycles. The summed E-state index contributed by atoms with van der Waals surface area (Å²) in [4.78, 5) is 27.3. The number of esters is 1. The molecule has 36 heavy (non-hydrogen) atoms. The van der Waals surface area contributed by atoms with Gasteiger partial charge in [-0.25, -0.2) is 9.79 Å². The van der Waals surface area contributed by atoms with E-state index < -0.39 is 10.9 Å². The predicted octanol–water partition coefficient (Wildman–Crippen LogP) is 6.99. The van der Waals surface area contributed by atoms with E-state index in [0.29, 0.717) is 49.3 Å². The van der Waals surface area contributed by atoms with Gasteiger partial charge in [-0.3, -0.25) is 10.1 Å². The number of halogens is 3. The molecule has 0 unspecified atom stereocenters. The zero-order chi connectivity index (χ0) is 25.8. The minimum Gasteiger partial charge on any atom is -0.490 e. The molecule has 3 aromatic rings. The number of cyclic esters (lactones) is 1. The fourth-order valence-corrected chi connectivity index (χ4v) is 4.40. The van der Waals surface area contributed by atoms with Crippen LogP contribution >= 0.6 is 39.1 Å². The number of benzene rings is 3. The van der Waals surface area contributed by atoms with E-state index in [2.05, 4.69) is 20.9 Å². The van der Waals surface area contributed by atoms with Gasteiger partial charge in [-0.05, 0) is 70.4 Å². The van der Waals surface area contributed by atoms with Gasteiger partial charge in [-0.2, -0.15) is 0 Å². The van der Waals surface area contributed by atoms with Gasteiger partial charge in [0.15, 0.2) is 17.2 Å². The second-order valence-electron chi connectivity index (χ2n) is 7.44. The lowest BCUT2D eigenvalue weighted by atomic mass is 10.1. The van der Waals surface area contributed by atoms with Gasteiger partial charge in [0.05, 0.1) is 26.6 Å². The van der Waals surface area contributed by atoms with Gasteiger partial charge in [0, 0.05) is 17.2 Å². The Morgan fingerprint density at radius 1 is 1.14 bits per heavy atom. The van der Waals surface area contributed by atoms with Gasteiger partial charge >= 0.3 is 5.97 Å². The van der Waals surface area contributed by atoms with Crippen LogP contribution in [0.4, 0.5) is 5.69 Å². The molecule has 11 heteroatoms. The largest absolute Gasteiger partial charge is 0.490 e. The molecule has 0 aromatic heterocycles. The van der Waals surface area contributed by atoms with E-state index in [4.69, 9.17) is 37.4 Å². The first-order valence-corrected chi connectivity index (χ1v) is 12.1. The van der Waals surface area contributed by atoms with Crippen LogP contribution in [-0.4, -0.2) is 23.4 Å². The lowest BCUT2D eigenvalue weighted by Crippen LogP contribution is -2.06. The van der Waals surface area contributed by atoms with Gasteiger partial charge in [-0.15, -0.1) is 0 Å². The van der Waals surface area contributed by atoms with E-state index in [9.17, 15) is 14.9 Å². The molecule has 0 N–H and O–H groups in total. The molecule has 8 nitrogen and oxygen atoms in total. The van der Waals surface area contributed by atoms with Crippen molar-refractivity contribution in [3.8, 4) is 11.5 Å². The van der Waals surface area contributed by atoms with Crippen LogP contribution < -0.4 is 9.47 Å². The molecule has 1 heterocycles. The molecule has 0 spiro atoms. The second-order valence-corrected chi connectivity index (χ2v) is 9.14. The molecule has 0 fully saturated rings. The van der Waals surface area contributed by atoms with Crippen LogP contribution in [0, 0.1) is 10.1 Å². The first kappa shape index (κ1) is 25.7. The van der Waals surface area contributed by atoms with E-state index in [1.54, 1.807) is 42.5 Å². The second kappa shape index (κ2) is 11.1. The quantitative estimate of drug-likeness (QED) is 0.121. The van der Waals surface area contributed by atoms with Crippen LogP contribution in [-0.2, 0) is 16.1 Å². The number of hydrogen-bond acceptors (Lipinski definition) is 7. The average molecular weight is 592 g/mol. The minimum absolute atomic E-state index is 0.0227. The summed E-state index contributed by atoms with van der Waals surface area (Å²) in [5, 5.41) is 11.8.